The van der Waals surface area contributed by atoms with Crippen LogP contribution in [0.15, 0.2) is 42.5 Å². The van der Waals surface area contributed by atoms with Crippen molar-refractivity contribution in [1.82, 2.24) is 10.2 Å². The third-order valence-corrected chi connectivity index (χ3v) is 4.48. The lowest BCUT2D eigenvalue weighted by Crippen LogP contribution is -2.19. The van der Waals surface area contributed by atoms with Crippen LogP contribution in [-0.2, 0) is 0 Å². The minimum Gasteiger partial charge on any atom is -0.493 e. The van der Waals surface area contributed by atoms with E-state index in [9.17, 15) is 4.79 Å². The van der Waals surface area contributed by atoms with E-state index in [1.807, 2.05) is 6.07 Å². The van der Waals surface area contributed by atoms with Crippen LogP contribution >= 0.6 is 22.9 Å². The van der Waals surface area contributed by atoms with Crippen LogP contribution < -0.4 is 20.1 Å². The fourth-order valence-corrected chi connectivity index (χ4v) is 3.11. The summed E-state index contributed by atoms with van der Waals surface area (Å²) in [6, 6.07) is 11.9. The van der Waals surface area contributed by atoms with E-state index in [-0.39, 0.29) is 0 Å². The lowest BCUT2D eigenvalue weighted by atomic mass is 10.2. The van der Waals surface area contributed by atoms with Crippen LogP contribution in [0, 0.1) is 0 Å². The number of hydrogen-bond acceptors (Lipinski definition) is 6. The van der Waals surface area contributed by atoms with Gasteiger partial charge >= 0.3 is 6.03 Å². The van der Waals surface area contributed by atoms with Gasteiger partial charge in [-0.2, -0.15) is 0 Å². The topological polar surface area (TPSA) is 85.4 Å². The molecule has 2 N–H and O–H groups in total. The smallest absolute Gasteiger partial charge is 0.325 e. The highest BCUT2D eigenvalue weighted by Crippen LogP contribution is 2.34. The number of carbonyl (C=O) groups excluding carboxylic acids is 1. The molecule has 0 saturated heterocycles. The second-order valence-corrected chi connectivity index (χ2v) is 6.49. The SMILES string of the molecule is COc1ccc(-c2nnc(NC(=O)Nc3cccc(Cl)c3)s2)cc1OC. The Balaban J connectivity index is 1.70. The third kappa shape index (κ3) is 4.22. The summed E-state index contributed by atoms with van der Waals surface area (Å²) in [6.07, 6.45) is 0. The monoisotopic (exact) mass is 390 g/mol. The van der Waals surface area contributed by atoms with E-state index >= 15 is 0 Å². The van der Waals surface area contributed by atoms with E-state index in [1.54, 1.807) is 50.6 Å². The van der Waals surface area contributed by atoms with Crippen molar-refractivity contribution in [3.8, 4) is 22.1 Å². The van der Waals surface area contributed by atoms with Gasteiger partial charge in [-0.3, -0.25) is 5.32 Å². The normalized spacial score (nSPS) is 10.3. The first kappa shape index (κ1) is 18.0. The number of anilines is 2. The molecule has 0 atom stereocenters. The average Bonchev–Trinajstić information content (AvgIpc) is 3.09. The van der Waals surface area contributed by atoms with Crippen molar-refractivity contribution >= 4 is 39.8 Å². The Hall–Kier alpha value is -2.84. The highest BCUT2D eigenvalue weighted by Gasteiger charge is 2.12. The van der Waals surface area contributed by atoms with Gasteiger partial charge in [-0.05, 0) is 36.4 Å². The molecule has 9 heteroatoms. The highest BCUT2D eigenvalue weighted by atomic mass is 35.5. The maximum absolute atomic E-state index is 12.1. The first-order valence-corrected chi connectivity index (χ1v) is 8.68. The van der Waals surface area contributed by atoms with Gasteiger partial charge in [0.25, 0.3) is 0 Å². The molecule has 0 bridgehead atoms. The number of rotatable bonds is 5. The van der Waals surface area contributed by atoms with E-state index in [2.05, 4.69) is 20.8 Å². The van der Waals surface area contributed by atoms with Gasteiger partial charge in [0.05, 0.1) is 14.2 Å². The van der Waals surface area contributed by atoms with Crippen molar-refractivity contribution in [3.05, 3.63) is 47.5 Å². The molecular formula is C17H15ClN4O3S. The van der Waals surface area contributed by atoms with Crippen LogP contribution in [0.2, 0.25) is 5.02 Å². The van der Waals surface area contributed by atoms with Crippen LogP contribution in [0.25, 0.3) is 10.6 Å². The Morgan fingerprint density at radius 1 is 1.04 bits per heavy atom. The number of ether oxygens (including phenoxy) is 2. The van der Waals surface area contributed by atoms with Crippen LogP contribution in [-0.4, -0.2) is 30.4 Å². The molecule has 0 fully saturated rings. The van der Waals surface area contributed by atoms with E-state index in [1.165, 1.54) is 11.3 Å². The first-order chi connectivity index (χ1) is 12.6. The van der Waals surface area contributed by atoms with E-state index in [4.69, 9.17) is 21.1 Å². The Bertz CT molecular complexity index is 932. The predicted octanol–water partition coefficient (Wildman–Crippen LogP) is 4.52. The predicted molar refractivity (Wildman–Crippen MR) is 103 cm³/mol. The quantitative estimate of drug-likeness (QED) is 0.669. The molecule has 2 amide bonds. The average molecular weight is 391 g/mol. The van der Waals surface area contributed by atoms with E-state index in [0.717, 1.165) is 5.56 Å². The van der Waals surface area contributed by atoms with Gasteiger partial charge in [-0.25, -0.2) is 4.79 Å². The highest BCUT2D eigenvalue weighted by molar-refractivity contribution is 7.18. The molecule has 1 aromatic heterocycles. The number of amides is 2. The van der Waals surface area contributed by atoms with E-state index < -0.39 is 6.03 Å². The summed E-state index contributed by atoms with van der Waals surface area (Å²) in [5.41, 5.74) is 1.39. The maximum atomic E-state index is 12.1. The molecule has 0 unspecified atom stereocenters. The number of halogens is 1. The zero-order chi connectivity index (χ0) is 18.5. The van der Waals surface area contributed by atoms with Crippen molar-refractivity contribution in [3.63, 3.8) is 0 Å². The number of methoxy groups -OCH3 is 2. The Labute approximate surface area is 158 Å². The Morgan fingerprint density at radius 3 is 2.58 bits per heavy atom. The number of urea groups is 1. The van der Waals surface area contributed by atoms with Gasteiger partial charge in [0, 0.05) is 16.3 Å². The van der Waals surface area contributed by atoms with Gasteiger partial charge in [-0.15, -0.1) is 10.2 Å². The third-order valence-electron chi connectivity index (χ3n) is 3.36. The standard InChI is InChI=1S/C17H15ClN4O3S/c1-24-13-7-6-10(8-14(13)25-2)15-21-22-17(26-15)20-16(23)19-12-5-3-4-11(18)9-12/h3-9H,1-2H3,(H2,19,20,22,23). The van der Waals surface area contributed by atoms with Crippen molar-refractivity contribution in [2.24, 2.45) is 0 Å². The van der Waals surface area contributed by atoms with Gasteiger partial charge in [0.2, 0.25) is 5.13 Å². The molecule has 0 radical (unpaired) electrons. The summed E-state index contributed by atoms with van der Waals surface area (Å²) >= 11 is 7.14. The molecule has 0 aliphatic heterocycles. The number of nitrogens with one attached hydrogen (secondary N) is 2. The number of nitrogens with zero attached hydrogens (tertiary/aromatic N) is 2. The number of hydrogen-bond donors (Lipinski definition) is 2. The van der Waals surface area contributed by atoms with Crippen molar-refractivity contribution in [1.29, 1.82) is 0 Å². The summed E-state index contributed by atoms with van der Waals surface area (Å²) in [4.78, 5) is 12.1. The second-order valence-electron chi connectivity index (χ2n) is 5.07. The molecule has 0 aliphatic rings. The summed E-state index contributed by atoms with van der Waals surface area (Å²) in [5, 5.41) is 15.0. The molecule has 3 aromatic rings. The summed E-state index contributed by atoms with van der Waals surface area (Å²) in [6.45, 7) is 0. The van der Waals surface area contributed by atoms with Crippen LogP contribution in [0.4, 0.5) is 15.6 Å². The lowest BCUT2D eigenvalue weighted by Gasteiger charge is -2.07. The fourth-order valence-electron chi connectivity index (χ4n) is 2.19. The van der Waals surface area contributed by atoms with E-state index in [0.29, 0.717) is 32.3 Å². The maximum Gasteiger partial charge on any atom is 0.325 e. The summed E-state index contributed by atoms with van der Waals surface area (Å²) < 4.78 is 10.5. The molecule has 0 saturated carbocycles. The summed E-state index contributed by atoms with van der Waals surface area (Å²) in [7, 11) is 3.14. The molecule has 26 heavy (non-hydrogen) atoms. The van der Waals surface area contributed by atoms with Crippen molar-refractivity contribution in [2.45, 2.75) is 0 Å². The lowest BCUT2D eigenvalue weighted by molar-refractivity contribution is 0.262. The zero-order valence-corrected chi connectivity index (χ0v) is 15.5. The molecule has 1 heterocycles. The van der Waals surface area contributed by atoms with Crippen molar-refractivity contribution < 1.29 is 14.3 Å². The molecular weight excluding hydrogens is 376 g/mol. The largest absolute Gasteiger partial charge is 0.493 e. The van der Waals surface area contributed by atoms with Gasteiger partial charge in [0.15, 0.2) is 11.5 Å². The molecule has 0 aliphatic carbocycles. The van der Waals surface area contributed by atoms with Gasteiger partial charge < -0.3 is 14.8 Å². The first-order valence-electron chi connectivity index (χ1n) is 7.48. The van der Waals surface area contributed by atoms with Crippen LogP contribution in [0.1, 0.15) is 0 Å². The van der Waals surface area contributed by atoms with Gasteiger partial charge in [-0.1, -0.05) is 29.0 Å². The molecule has 7 nitrogen and oxygen atoms in total. The minimum atomic E-state index is -0.428. The van der Waals surface area contributed by atoms with Crippen LogP contribution in [0.3, 0.4) is 0 Å². The Kier molecular flexibility index (Phi) is 5.55. The molecule has 3 rings (SSSR count). The molecule has 2 aromatic carbocycles. The second kappa shape index (κ2) is 8.03. The zero-order valence-electron chi connectivity index (χ0n) is 13.9. The molecule has 0 spiro atoms. The van der Waals surface area contributed by atoms with Crippen molar-refractivity contribution in [2.75, 3.05) is 24.9 Å². The number of aromatic nitrogens is 2. The molecule has 134 valence electrons. The van der Waals surface area contributed by atoms with Crippen LogP contribution in [0.5, 0.6) is 11.5 Å². The minimum absolute atomic E-state index is 0.370. The number of benzene rings is 2. The Morgan fingerprint density at radius 2 is 1.85 bits per heavy atom. The summed E-state index contributed by atoms with van der Waals surface area (Å²) in [5.74, 6) is 1.22. The fraction of sp³-hybridized carbons (Fsp3) is 0.118. The van der Waals surface area contributed by atoms with Gasteiger partial charge in [0.1, 0.15) is 5.01 Å². The number of carbonyl (C=O) groups is 1.